The third-order valence-corrected chi connectivity index (χ3v) is 3.04. The lowest BCUT2D eigenvalue weighted by Gasteiger charge is -2.15. The smallest absolute Gasteiger partial charge is 0.128 e. The van der Waals surface area contributed by atoms with Gasteiger partial charge in [-0.3, -0.25) is 0 Å². The van der Waals surface area contributed by atoms with E-state index in [9.17, 15) is 0 Å². The molecule has 0 amide bonds. The summed E-state index contributed by atoms with van der Waals surface area (Å²) in [5, 5.41) is 9.05. The fourth-order valence-corrected chi connectivity index (χ4v) is 2.09. The van der Waals surface area contributed by atoms with E-state index in [1.54, 1.807) is 12.1 Å². The molecular formula is C17H19N3O2. The number of nitriles is 1. The molecule has 0 bridgehead atoms. The van der Waals surface area contributed by atoms with E-state index in [0.717, 1.165) is 16.9 Å². The van der Waals surface area contributed by atoms with E-state index >= 15 is 0 Å². The predicted molar refractivity (Wildman–Crippen MR) is 85.7 cm³/mol. The van der Waals surface area contributed by atoms with Crippen molar-refractivity contribution in [2.45, 2.75) is 0 Å². The van der Waals surface area contributed by atoms with Crippen LogP contribution in [0, 0.1) is 11.3 Å². The number of nitrogens with zero attached hydrogens (tertiary/aromatic N) is 1. The van der Waals surface area contributed by atoms with Crippen LogP contribution in [0.25, 0.3) is 11.1 Å². The maximum Gasteiger partial charge on any atom is 0.128 e. The van der Waals surface area contributed by atoms with Crippen molar-refractivity contribution in [3.63, 3.8) is 0 Å². The van der Waals surface area contributed by atoms with Gasteiger partial charge in [0, 0.05) is 24.2 Å². The zero-order chi connectivity index (χ0) is 15.8. The average molecular weight is 297 g/mol. The number of ether oxygens (including phenoxy) is 2. The molecule has 0 saturated heterocycles. The Morgan fingerprint density at radius 2 is 1.50 bits per heavy atom. The molecule has 0 aliphatic carbocycles. The quantitative estimate of drug-likeness (QED) is 0.814. The number of rotatable bonds is 7. The van der Waals surface area contributed by atoms with Crippen molar-refractivity contribution in [3.05, 3.63) is 48.0 Å². The van der Waals surface area contributed by atoms with Gasteiger partial charge in [0.1, 0.15) is 24.7 Å². The van der Waals surface area contributed by atoms with E-state index in [0.29, 0.717) is 37.6 Å². The number of nitrogens with two attached hydrogens (primary N) is 2. The Morgan fingerprint density at radius 1 is 0.864 bits per heavy atom. The van der Waals surface area contributed by atoms with Crippen LogP contribution in [0.2, 0.25) is 0 Å². The fraction of sp³-hybridized carbons (Fsp3) is 0.235. The summed E-state index contributed by atoms with van der Waals surface area (Å²) in [5.74, 6) is 1.35. The predicted octanol–water partition coefficient (Wildman–Crippen LogP) is 1.90. The second-order valence-electron chi connectivity index (χ2n) is 4.59. The van der Waals surface area contributed by atoms with Gasteiger partial charge in [0.2, 0.25) is 0 Å². The number of para-hydroxylation sites is 1. The summed E-state index contributed by atoms with van der Waals surface area (Å²) in [6, 6.07) is 15.1. The summed E-state index contributed by atoms with van der Waals surface area (Å²) >= 11 is 0. The highest BCUT2D eigenvalue weighted by atomic mass is 16.5. The summed E-state index contributed by atoms with van der Waals surface area (Å²) in [6.07, 6.45) is 0. The minimum absolute atomic E-state index is 0.383. The average Bonchev–Trinajstić information content (AvgIpc) is 2.58. The lowest BCUT2D eigenvalue weighted by Crippen LogP contribution is -2.12. The molecule has 0 atom stereocenters. The molecule has 2 aromatic carbocycles. The van der Waals surface area contributed by atoms with E-state index in [-0.39, 0.29) is 0 Å². The zero-order valence-corrected chi connectivity index (χ0v) is 12.3. The maximum absolute atomic E-state index is 9.05. The first-order valence-corrected chi connectivity index (χ1v) is 7.09. The molecule has 4 N–H and O–H groups in total. The molecule has 0 radical (unpaired) electrons. The molecule has 0 spiro atoms. The normalized spacial score (nSPS) is 10.0. The minimum Gasteiger partial charge on any atom is -0.492 e. The largest absolute Gasteiger partial charge is 0.492 e. The second-order valence-corrected chi connectivity index (χ2v) is 4.59. The van der Waals surface area contributed by atoms with Crippen molar-refractivity contribution in [1.82, 2.24) is 0 Å². The molecule has 22 heavy (non-hydrogen) atoms. The van der Waals surface area contributed by atoms with Crippen molar-refractivity contribution >= 4 is 0 Å². The summed E-state index contributed by atoms with van der Waals surface area (Å²) in [6.45, 7) is 1.67. The van der Waals surface area contributed by atoms with E-state index in [2.05, 4.69) is 6.07 Å². The molecule has 5 nitrogen and oxygen atoms in total. The molecule has 0 saturated carbocycles. The van der Waals surface area contributed by atoms with Crippen LogP contribution in [0.5, 0.6) is 11.5 Å². The molecule has 0 unspecified atom stereocenters. The van der Waals surface area contributed by atoms with Gasteiger partial charge in [0.15, 0.2) is 0 Å². The Kier molecular flexibility index (Phi) is 5.78. The van der Waals surface area contributed by atoms with Crippen LogP contribution < -0.4 is 20.9 Å². The van der Waals surface area contributed by atoms with Gasteiger partial charge in [-0.1, -0.05) is 18.2 Å². The number of benzene rings is 2. The highest BCUT2D eigenvalue weighted by molar-refractivity contribution is 5.76. The first kappa shape index (κ1) is 15.8. The third kappa shape index (κ3) is 3.76. The van der Waals surface area contributed by atoms with Gasteiger partial charge in [-0.25, -0.2) is 0 Å². The van der Waals surface area contributed by atoms with Crippen LogP contribution >= 0.6 is 0 Å². The van der Waals surface area contributed by atoms with Crippen LogP contribution in [0.3, 0.4) is 0 Å². The van der Waals surface area contributed by atoms with Crippen LogP contribution in [0.4, 0.5) is 0 Å². The molecule has 0 fully saturated rings. The van der Waals surface area contributed by atoms with Crippen LogP contribution in [0.1, 0.15) is 5.56 Å². The van der Waals surface area contributed by atoms with E-state index < -0.39 is 0 Å². The topological polar surface area (TPSA) is 94.3 Å². The monoisotopic (exact) mass is 297 g/mol. The Labute approximate surface area is 130 Å². The SMILES string of the molecule is N#Cc1ccc(-c2ccccc2OCCN)c(OCCN)c1. The van der Waals surface area contributed by atoms with Crippen molar-refractivity contribution in [1.29, 1.82) is 5.26 Å². The Morgan fingerprint density at radius 3 is 2.18 bits per heavy atom. The van der Waals surface area contributed by atoms with Crippen LogP contribution in [-0.4, -0.2) is 26.3 Å². The minimum atomic E-state index is 0.383. The molecule has 0 aromatic heterocycles. The third-order valence-electron chi connectivity index (χ3n) is 3.04. The number of hydrogen-bond acceptors (Lipinski definition) is 5. The van der Waals surface area contributed by atoms with E-state index in [1.807, 2.05) is 30.3 Å². The molecule has 2 aromatic rings. The Hall–Kier alpha value is -2.55. The lowest BCUT2D eigenvalue weighted by atomic mass is 10.0. The molecule has 0 aliphatic rings. The molecule has 114 valence electrons. The molecule has 0 heterocycles. The van der Waals surface area contributed by atoms with Gasteiger partial charge >= 0.3 is 0 Å². The highest BCUT2D eigenvalue weighted by Crippen LogP contribution is 2.36. The van der Waals surface area contributed by atoms with Gasteiger partial charge in [-0.15, -0.1) is 0 Å². The fourth-order valence-electron chi connectivity index (χ4n) is 2.09. The Bertz CT molecular complexity index is 665. The molecule has 5 heteroatoms. The summed E-state index contributed by atoms with van der Waals surface area (Å²) in [4.78, 5) is 0. The van der Waals surface area contributed by atoms with Crippen LogP contribution in [-0.2, 0) is 0 Å². The molecule has 0 aliphatic heterocycles. The van der Waals surface area contributed by atoms with Gasteiger partial charge in [0.25, 0.3) is 0 Å². The highest BCUT2D eigenvalue weighted by Gasteiger charge is 2.12. The summed E-state index contributed by atoms with van der Waals surface area (Å²) < 4.78 is 11.4. The van der Waals surface area contributed by atoms with Crippen molar-refractivity contribution in [2.24, 2.45) is 11.5 Å². The maximum atomic E-state index is 9.05. The van der Waals surface area contributed by atoms with Gasteiger partial charge in [0.05, 0.1) is 11.6 Å². The lowest BCUT2D eigenvalue weighted by molar-refractivity contribution is 0.325. The van der Waals surface area contributed by atoms with Crippen LogP contribution in [0.15, 0.2) is 42.5 Å². The van der Waals surface area contributed by atoms with Crippen molar-refractivity contribution < 1.29 is 9.47 Å². The summed E-state index contributed by atoms with van der Waals surface area (Å²) in [7, 11) is 0. The van der Waals surface area contributed by atoms with E-state index in [1.165, 1.54) is 0 Å². The van der Waals surface area contributed by atoms with Gasteiger partial charge < -0.3 is 20.9 Å². The van der Waals surface area contributed by atoms with Crippen molar-refractivity contribution in [2.75, 3.05) is 26.3 Å². The summed E-state index contributed by atoms with van der Waals surface area (Å²) in [5.41, 5.74) is 13.3. The molecular weight excluding hydrogens is 278 g/mol. The van der Waals surface area contributed by atoms with Gasteiger partial charge in [-0.2, -0.15) is 5.26 Å². The zero-order valence-electron chi connectivity index (χ0n) is 12.3. The first-order chi connectivity index (χ1) is 10.8. The second kappa shape index (κ2) is 8.03. The number of hydrogen-bond donors (Lipinski definition) is 2. The van der Waals surface area contributed by atoms with E-state index in [4.69, 9.17) is 26.2 Å². The Balaban J connectivity index is 2.45. The first-order valence-electron chi connectivity index (χ1n) is 7.09. The van der Waals surface area contributed by atoms with Gasteiger partial charge in [-0.05, 0) is 24.3 Å². The molecule has 2 rings (SSSR count). The van der Waals surface area contributed by atoms with Crippen molar-refractivity contribution in [3.8, 4) is 28.7 Å². The standard InChI is InChI=1S/C17H19N3O2/c18-7-9-21-16-4-2-1-3-14(16)15-6-5-13(12-20)11-17(15)22-10-8-19/h1-6,11H,7-10,18-19H2.